The van der Waals surface area contributed by atoms with Crippen molar-refractivity contribution in [1.29, 1.82) is 0 Å². The van der Waals surface area contributed by atoms with E-state index in [-0.39, 0.29) is 32.5 Å². The maximum absolute atomic E-state index is 13.2. The average molecular weight is 440 g/mol. The smallest absolute Gasteiger partial charge is 0.413 e. The van der Waals surface area contributed by atoms with Crippen molar-refractivity contribution in [3.8, 4) is 5.75 Å². The number of nitrogens with zero attached hydrogens (tertiary/aromatic N) is 1. The molecular weight excluding hydrogens is 402 g/mol. The monoisotopic (exact) mass is 439 g/mol. The van der Waals surface area contributed by atoms with E-state index in [4.69, 9.17) is 23.7 Å². The molecule has 1 atom stereocenters. The molecule has 0 spiro atoms. The van der Waals surface area contributed by atoms with Gasteiger partial charge in [0.25, 0.3) is 0 Å². The summed E-state index contributed by atoms with van der Waals surface area (Å²) >= 11 is 0. The Balaban J connectivity index is 3.24. The molecule has 176 valence electrons. The zero-order valence-corrected chi connectivity index (χ0v) is 20.0. The highest BCUT2D eigenvalue weighted by atomic mass is 16.7. The molecule has 0 bridgehead atoms. The number of ether oxygens (including phenoxy) is 5. The number of methoxy groups -OCH3 is 2. The number of carbonyl (C=O) groups is 2. The van der Waals surface area contributed by atoms with Gasteiger partial charge in [0, 0.05) is 20.6 Å². The summed E-state index contributed by atoms with van der Waals surface area (Å²) in [5, 5.41) is 0. The molecule has 0 aliphatic carbocycles. The van der Waals surface area contributed by atoms with Crippen LogP contribution in [0.15, 0.2) is 24.3 Å². The molecule has 8 nitrogen and oxygen atoms in total. The molecule has 1 aromatic carbocycles. The van der Waals surface area contributed by atoms with Gasteiger partial charge in [-0.1, -0.05) is 26.0 Å². The topological polar surface area (TPSA) is 83.5 Å². The molecule has 1 rings (SSSR count). The van der Waals surface area contributed by atoms with Crippen molar-refractivity contribution in [1.82, 2.24) is 4.90 Å². The fourth-order valence-corrected chi connectivity index (χ4v) is 2.75. The van der Waals surface area contributed by atoms with E-state index in [0.29, 0.717) is 5.75 Å². The first-order valence-electron chi connectivity index (χ1n) is 10.3. The van der Waals surface area contributed by atoms with E-state index < -0.39 is 23.2 Å². The SMILES string of the molecule is COCOc1ccc(C[C@@](C)(C(=O)OCC(C)C)N(COC)C(=O)OC(C)(C)C)cc1. The van der Waals surface area contributed by atoms with Gasteiger partial charge in [0.2, 0.25) is 0 Å². The fourth-order valence-electron chi connectivity index (χ4n) is 2.75. The Morgan fingerprint density at radius 1 is 1.00 bits per heavy atom. The molecule has 31 heavy (non-hydrogen) atoms. The molecule has 0 saturated heterocycles. The summed E-state index contributed by atoms with van der Waals surface area (Å²) in [4.78, 5) is 27.5. The molecule has 0 saturated carbocycles. The minimum Gasteiger partial charge on any atom is -0.468 e. The molecule has 0 aliphatic heterocycles. The van der Waals surface area contributed by atoms with Crippen LogP contribution < -0.4 is 4.74 Å². The summed E-state index contributed by atoms with van der Waals surface area (Å²) in [5.41, 5.74) is -1.26. The van der Waals surface area contributed by atoms with E-state index in [2.05, 4.69) is 0 Å². The van der Waals surface area contributed by atoms with E-state index in [1.807, 2.05) is 26.0 Å². The summed E-state index contributed by atoms with van der Waals surface area (Å²) in [6.07, 6.45) is -0.449. The number of esters is 1. The summed E-state index contributed by atoms with van der Waals surface area (Å²) in [5.74, 6) is 0.266. The Morgan fingerprint density at radius 3 is 2.10 bits per heavy atom. The molecule has 8 heteroatoms. The van der Waals surface area contributed by atoms with Crippen molar-refractivity contribution in [3.63, 3.8) is 0 Å². The summed E-state index contributed by atoms with van der Waals surface area (Å²) in [6, 6.07) is 7.23. The normalized spacial score (nSPS) is 13.5. The van der Waals surface area contributed by atoms with Crippen LogP contribution in [0.4, 0.5) is 4.79 Å². The second kappa shape index (κ2) is 11.9. The van der Waals surface area contributed by atoms with Gasteiger partial charge in [-0.3, -0.25) is 4.90 Å². The Morgan fingerprint density at radius 2 is 1.61 bits per heavy atom. The van der Waals surface area contributed by atoms with Gasteiger partial charge < -0.3 is 23.7 Å². The number of amides is 1. The number of hydrogen-bond acceptors (Lipinski definition) is 7. The second-order valence-electron chi connectivity index (χ2n) is 8.96. The molecular formula is C23H37NO7. The predicted molar refractivity (Wildman–Crippen MR) is 117 cm³/mol. The van der Waals surface area contributed by atoms with Gasteiger partial charge >= 0.3 is 12.1 Å². The van der Waals surface area contributed by atoms with E-state index in [1.54, 1.807) is 46.9 Å². The van der Waals surface area contributed by atoms with Crippen molar-refractivity contribution >= 4 is 12.1 Å². The van der Waals surface area contributed by atoms with Gasteiger partial charge in [0.05, 0.1) is 6.61 Å². The van der Waals surface area contributed by atoms with Gasteiger partial charge in [0.1, 0.15) is 23.6 Å². The highest BCUT2D eigenvalue weighted by molar-refractivity contribution is 5.86. The molecule has 1 amide bonds. The Bertz CT molecular complexity index is 697. The quantitative estimate of drug-likeness (QED) is 0.380. The van der Waals surface area contributed by atoms with E-state index in [0.717, 1.165) is 5.56 Å². The summed E-state index contributed by atoms with van der Waals surface area (Å²) in [7, 11) is 3.00. The number of carbonyl (C=O) groups excluding carboxylic acids is 2. The largest absolute Gasteiger partial charge is 0.468 e. The van der Waals surface area contributed by atoms with Crippen LogP contribution in [0.5, 0.6) is 5.75 Å². The van der Waals surface area contributed by atoms with Gasteiger partial charge in [-0.25, -0.2) is 9.59 Å². The molecule has 1 aromatic rings. The third kappa shape index (κ3) is 8.75. The van der Waals surface area contributed by atoms with Crippen molar-refractivity contribution < 1.29 is 33.3 Å². The fraction of sp³-hybridized carbons (Fsp3) is 0.652. The molecule has 0 aromatic heterocycles. The van der Waals surface area contributed by atoms with Crippen molar-refractivity contribution in [2.24, 2.45) is 5.92 Å². The molecule has 0 N–H and O–H groups in total. The highest BCUT2D eigenvalue weighted by Gasteiger charge is 2.45. The van der Waals surface area contributed by atoms with Crippen LogP contribution in [0.2, 0.25) is 0 Å². The zero-order chi connectivity index (χ0) is 23.7. The number of benzene rings is 1. The predicted octanol–water partition coefficient (Wildman–Crippen LogP) is 4.01. The van der Waals surface area contributed by atoms with Crippen LogP contribution in [0.25, 0.3) is 0 Å². The first kappa shape index (κ1) is 26.7. The molecule has 0 fully saturated rings. The third-order valence-corrected chi connectivity index (χ3v) is 4.27. The lowest BCUT2D eigenvalue weighted by Crippen LogP contribution is -2.58. The van der Waals surface area contributed by atoms with Crippen LogP contribution in [0.1, 0.15) is 47.1 Å². The second-order valence-corrected chi connectivity index (χ2v) is 8.96. The van der Waals surface area contributed by atoms with Crippen LogP contribution in [0.3, 0.4) is 0 Å². The lowest BCUT2D eigenvalue weighted by molar-refractivity contribution is -0.161. The van der Waals surface area contributed by atoms with E-state index in [1.165, 1.54) is 12.0 Å². The summed E-state index contributed by atoms with van der Waals surface area (Å²) in [6.45, 7) is 11.1. The highest BCUT2D eigenvalue weighted by Crippen LogP contribution is 2.27. The zero-order valence-electron chi connectivity index (χ0n) is 20.0. The maximum atomic E-state index is 13.2. The van der Waals surface area contributed by atoms with Gasteiger partial charge in [0.15, 0.2) is 6.79 Å². The van der Waals surface area contributed by atoms with Crippen LogP contribution in [0, 0.1) is 5.92 Å². The van der Waals surface area contributed by atoms with E-state index in [9.17, 15) is 9.59 Å². The Labute approximate surface area is 185 Å². The average Bonchev–Trinajstić information content (AvgIpc) is 2.68. The van der Waals surface area contributed by atoms with Gasteiger partial charge in [-0.2, -0.15) is 0 Å². The lowest BCUT2D eigenvalue weighted by Gasteiger charge is -2.39. The van der Waals surface area contributed by atoms with Gasteiger partial charge in [-0.15, -0.1) is 0 Å². The van der Waals surface area contributed by atoms with E-state index >= 15 is 0 Å². The lowest BCUT2D eigenvalue weighted by atomic mass is 9.91. The number of rotatable bonds is 11. The third-order valence-electron chi connectivity index (χ3n) is 4.27. The first-order valence-corrected chi connectivity index (χ1v) is 10.3. The van der Waals surface area contributed by atoms with Crippen LogP contribution in [-0.2, 0) is 30.2 Å². The van der Waals surface area contributed by atoms with Crippen LogP contribution >= 0.6 is 0 Å². The standard InChI is InChI=1S/C23H37NO7/c1-17(2)14-29-20(25)23(6,24(15-27-7)21(26)31-22(3,4)5)13-18-9-11-19(12-10-18)30-16-28-8/h9-12,17H,13-16H2,1-8H3/t23-/m0/s1. The van der Waals surface area contributed by atoms with Crippen LogP contribution in [-0.4, -0.2) is 62.5 Å². The molecule has 0 unspecified atom stereocenters. The minimum atomic E-state index is -1.35. The van der Waals surface area contributed by atoms with Crippen molar-refractivity contribution in [3.05, 3.63) is 29.8 Å². The Kier molecular flexibility index (Phi) is 10.3. The minimum absolute atomic E-state index is 0.128. The first-order chi connectivity index (χ1) is 14.4. The van der Waals surface area contributed by atoms with Crippen molar-refractivity contribution in [2.75, 3.05) is 34.4 Å². The van der Waals surface area contributed by atoms with Crippen molar-refractivity contribution in [2.45, 2.75) is 59.1 Å². The molecule has 0 radical (unpaired) electrons. The summed E-state index contributed by atoms with van der Waals surface area (Å²) < 4.78 is 26.6. The molecule has 0 aliphatic rings. The number of hydrogen-bond donors (Lipinski definition) is 0. The molecule has 0 heterocycles. The van der Waals surface area contributed by atoms with Gasteiger partial charge in [-0.05, 0) is 51.3 Å². The Hall–Kier alpha value is -2.32. The maximum Gasteiger partial charge on any atom is 0.413 e.